The van der Waals surface area contributed by atoms with E-state index < -0.39 is 0 Å². The lowest BCUT2D eigenvalue weighted by Gasteiger charge is -2.06. The van der Waals surface area contributed by atoms with Crippen molar-refractivity contribution >= 4 is 17.0 Å². The van der Waals surface area contributed by atoms with Crippen molar-refractivity contribution in [2.24, 2.45) is 0 Å². The van der Waals surface area contributed by atoms with Gasteiger partial charge in [0.25, 0.3) is 5.95 Å². The van der Waals surface area contributed by atoms with Gasteiger partial charge in [0, 0.05) is 7.05 Å². The van der Waals surface area contributed by atoms with Gasteiger partial charge in [-0.1, -0.05) is 17.3 Å². The summed E-state index contributed by atoms with van der Waals surface area (Å²) in [6.45, 7) is 2.35. The van der Waals surface area contributed by atoms with Crippen molar-refractivity contribution in [3.05, 3.63) is 24.3 Å². The van der Waals surface area contributed by atoms with Gasteiger partial charge in [0.2, 0.25) is 5.95 Å². The molecule has 0 fully saturated rings. The van der Waals surface area contributed by atoms with Crippen molar-refractivity contribution in [2.45, 2.75) is 6.92 Å². The third-order valence-corrected chi connectivity index (χ3v) is 2.64. The molecule has 0 aliphatic carbocycles. The minimum atomic E-state index is 0.251. The fourth-order valence-electron chi connectivity index (χ4n) is 1.76. The summed E-state index contributed by atoms with van der Waals surface area (Å²) < 4.78 is 6.89. The van der Waals surface area contributed by atoms with E-state index in [4.69, 9.17) is 4.74 Å². The average molecular weight is 271 g/mol. The van der Waals surface area contributed by atoms with Crippen LogP contribution in [0.3, 0.4) is 0 Å². The Kier molecular flexibility index (Phi) is 3.12. The summed E-state index contributed by atoms with van der Waals surface area (Å²) in [6, 6.07) is 7.84. The molecule has 0 unspecified atom stereocenters. The Morgan fingerprint density at radius 2 is 2.05 bits per heavy atom. The Bertz CT molecular complexity index is 740. The number of aromatic nitrogens is 6. The molecule has 3 rings (SSSR count). The number of para-hydroxylation sites is 1. The Hall–Kier alpha value is -2.77. The average Bonchev–Trinajstić information content (AvgIpc) is 2.91. The smallest absolute Gasteiger partial charge is 0.323 e. The normalized spacial score (nSPS) is 10.7. The number of hydrogen-bond acceptors (Lipinski definition) is 7. The summed E-state index contributed by atoms with van der Waals surface area (Å²) in [4.78, 5) is 12.6. The van der Waals surface area contributed by atoms with Crippen molar-refractivity contribution < 1.29 is 4.74 Å². The molecule has 0 aliphatic rings. The summed E-state index contributed by atoms with van der Waals surface area (Å²) in [6.07, 6.45) is 0. The van der Waals surface area contributed by atoms with Crippen molar-refractivity contribution in [2.75, 3.05) is 19.0 Å². The molecule has 0 saturated heterocycles. The molecule has 3 aromatic rings. The minimum Gasteiger partial charge on any atom is -0.464 e. The van der Waals surface area contributed by atoms with Gasteiger partial charge in [0.1, 0.15) is 5.52 Å². The third-order valence-electron chi connectivity index (χ3n) is 2.64. The van der Waals surface area contributed by atoms with Gasteiger partial charge in [-0.3, -0.25) is 0 Å². The summed E-state index contributed by atoms with van der Waals surface area (Å²) in [5.74, 6) is 0.777. The van der Waals surface area contributed by atoms with Crippen molar-refractivity contribution in [1.29, 1.82) is 0 Å². The fraction of sp³-hybridized carbons (Fsp3) is 0.250. The zero-order chi connectivity index (χ0) is 13.9. The lowest BCUT2D eigenvalue weighted by atomic mass is 10.3. The lowest BCUT2D eigenvalue weighted by Crippen LogP contribution is -2.10. The van der Waals surface area contributed by atoms with Gasteiger partial charge in [-0.15, -0.1) is 5.10 Å². The molecule has 2 heterocycles. The van der Waals surface area contributed by atoms with E-state index in [1.807, 2.05) is 31.2 Å². The van der Waals surface area contributed by atoms with Crippen LogP contribution in [0.2, 0.25) is 0 Å². The zero-order valence-electron chi connectivity index (χ0n) is 11.1. The van der Waals surface area contributed by atoms with E-state index in [0.717, 1.165) is 11.0 Å². The summed E-state index contributed by atoms with van der Waals surface area (Å²) >= 11 is 0. The van der Waals surface area contributed by atoms with Crippen LogP contribution in [-0.4, -0.2) is 43.6 Å². The first-order chi connectivity index (χ1) is 9.81. The predicted octanol–water partition coefficient (Wildman–Crippen LogP) is 1.05. The van der Waals surface area contributed by atoms with Crippen molar-refractivity contribution in [1.82, 2.24) is 29.9 Å². The third kappa shape index (κ3) is 2.11. The molecule has 102 valence electrons. The number of anilines is 1. The maximum atomic E-state index is 5.34. The van der Waals surface area contributed by atoms with Crippen LogP contribution in [0, 0.1) is 0 Å². The number of nitrogens with one attached hydrogen (secondary N) is 1. The second-order valence-electron chi connectivity index (χ2n) is 3.91. The van der Waals surface area contributed by atoms with E-state index in [9.17, 15) is 0 Å². The Labute approximate surface area is 114 Å². The SMILES string of the molecule is CCOc1nc(NC)nc(-n2nnc3ccccc32)n1. The van der Waals surface area contributed by atoms with Crippen LogP contribution in [0.5, 0.6) is 6.01 Å². The summed E-state index contributed by atoms with van der Waals surface area (Å²) in [5, 5.41) is 11.0. The molecule has 0 radical (unpaired) electrons. The summed E-state index contributed by atoms with van der Waals surface area (Å²) in [7, 11) is 1.73. The molecule has 20 heavy (non-hydrogen) atoms. The molecule has 2 aromatic heterocycles. The largest absolute Gasteiger partial charge is 0.464 e. The second-order valence-corrected chi connectivity index (χ2v) is 3.91. The molecule has 0 saturated carbocycles. The molecular weight excluding hydrogens is 258 g/mol. The highest BCUT2D eigenvalue weighted by atomic mass is 16.5. The number of rotatable bonds is 4. The molecule has 8 heteroatoms. The van der Waals surface area contributed by atoms with E-state index in [2.05, 4.69) is 30.6 Å². The highest BCUT2D eigenvalue weighted by molar-refractivity contribution is 5.75. The Morgan fingerprint density at radius 3 is 2.85 bits per heavy atom. The summed E-state index contributed by atoms with van der Waals surface area (Å²) in [5.41, 5.74) is 1.60. The molecule has 1 N–H and O–H groups in total. The van der Waals surface area contributed by atoms with Gasteiger partial charge in [-0.25, -0.2) is 0 Å². The molecule has 0 amide bonds. The Morgan fingerprint density at radius 1 is 1.20 bits per heavy atom. The first-order valence-electron chi connectivity index (χ1n) is 6.19. The molecule has 8 nitrogen and oxygen atoms in total. The molecule has 0 atom stereocenters. The molecule has 0 aliphatic heterocycles. The lowest BCUT2D eigenvalue weighted by molar-refractivity contribution is 0.311. The number of hydrogen-bond donors (Lipinski definition) is 1. The van der Waals surface area contributed by atoms with E-state index in [1.165, 1.54) is 0 Å². The van der Waals surface area contributed by atoms with Crippen LogP contribution in [0.4, 0.5) is 5.95 Å². The number of benzene rings is 1. The van der Waals surface area contributed by atoms with E-state index >= 15 is 0 Å². The monoisotopic (exact) mass is 271 g/mol. The molecule has 1 aromatic carbocycles. The van der Waals surface area contributed by atoms with E-state index in [1.54, 1.807) is 11.7 Å². The number of ether oxygens (including phenoxy) is 1. The first kappa shape index (κ1) is 12.3. The predicted molar refractivity (Wildman–Crippen MR) is 73.0 cm³/mol. The van der Waals surface area contributed by atoms with Crippen molar-refractivity contribution in [3.8, 4) is 12.0 Å². The standard InChI is InChI=1S/C12H13N7O/c1-3-20-12-15-10(13-2)14-11(16-12)19-9-7-5-4-6-8(9)17-18-19/h4-7H,3H2,1-2H3,(H,13,14,15,16). The number of fused-ring (bicyclic) bond motifs is 1. The quantitative estimate of drug-likeness (QED) is 0.758. The fourth-order valence-corrected chi connectivity index (χ4v) is 1.76. The highest BCUT2D eigenvalue weighted by Gasteiger charge is 2.12. The zero-order valence-corrected chi connectivity index (χ0v) is 11.1. The molecular formula is C12H13N7O. The number of nitrogens with zero attached hydrogens (tertiary/aromatic N) is 6. The van der Waals surface area contributed by atoms with Gasteiger partial charge in [0.15, 0.2) is 0 Å². The van der Waals surface area contributed by atoms with Crippen LogP contribution < -0.4 is 10.1 Å². The van der Waals surface area contributed by atoms with E-state index in [-0.39, 0.29) is 6.01 Å². The van der Waals surface area contributed by atoms with Crippen LogP contribution in [0.1, 0.15) is 6.92 Å². The minimum absolute atomic E-state index is 0.251. The van der Waals surface area contributed by atoms with Crippen LogP contribution in [0.25, 0.3) is 17.0 Å². The van der Waals surface area contributed by atoms with Gasteiger partial charge < -0.3 is 10.1 Å². The highest BCUT2D eigenvalue weighted by Crippen LogP contribution is 2.15. The maximum Gasteiger partial charge on any atom is 0.323 e. The first-order valence-corrected chi connectivity index (χ1v) is 6.19. The maximum absolute atomic E-state index is 5.34. The van der Waals surface area contributed by atoms with Gasteiger partial charge >= 0.3 is 6.01 Å². The van der Waals surface area contributed by atoms with Crippen LogP contribution >= 0.6 is 0 Å². The van der Waals surface area contributed by atoms with Gasteiger partial charge in [-0.05, 0) is 19.1 Å². The van der Waals surface area contributed by atoms with Gasteiger partial charge in [-0.2, -0.15) is 19.6 Å². The van der Waals surface area contributed by atoms with Gasteiger partial charge in [0.05, 0.1) is 12.1 Å². The van der Waals surface area contributed by atoms with E-state index in [0.29, 0.717) is 18.5 Å². The Balaban J connectivity index is 2.15. The molecule has 0 bridgehead atoms. The molecule has 0 spiro atoms. The second kappa shape index (κ2) is 5.08. The van der Waals surface area contributed by atoms with Crippen LogP contribution in [-0.2, 0) is 0 Å². The van der Waals surface area contributed by atoms with Crippen LogP contribution in [0.15, 0.2) is 24.3 Å². The van der Waals surface area contributed by atoms with Crippen molar-refractivity contribution in [3.63, 3.8) is 0 Å². The topological polar surface area (TPSA) is 90.6 Å².